The third kappa shape index (κ3) is 4.32. The van der Waals surface area contributed by atoms with Crippen LogP contribution in [0, 0.1) is 0 Å². The molecule has 1 nitrogen and oxygen atoms in total. The van der Waals surface area contributed by atoms with E-state index >= 15 is 0 Å². The Hall–Kier alpha value is -8.00. The Morgan fingerprint density at radius 3 is 1.39 bits per heavy atom. The van der Waals surface area contributed by atoms with Gasteiger partial charge in [-0.15, -0.1) is 0 Å². The minimum absolute atomic E-state index is 0.531. The molecule has 0 bridgehead atoms. The largest absolute Gasteiger partial charge is 0.309 e. The summed E-state index contributed by atoms with van der Waals surface area (Å²) in [5.41, 5.74) is 13.5. The van der Waals surface area contributed by atoms with E-state index in [1.165, 1.54) is 115 Å². The number of anilines is 3. The maximum absolute atomic E-state index is 2.61. The van der Waals surface area contributed by atoms with Crippen molar-refractivity contribution in [3.05, 3.63) is 247 Å². The fourth-order valence-corrected chi connectivity index (χ4v) is 11.8. The molecule has 0 saturated carbocycles. The summed E-state index contributed by atoms with van der Waals surface area (Å²) in [4.78, 5) is 2.61. The van der Waals surface area contributed by atoms with Crippen LogP contribution in [0.5, 0.6) is 0 Å². The number of nitrogens with zero attached hydrogens (tertiary/aromatic N) is 1. The molecule has 2 aliphatic carbocycles. The molecule has 62 heavy (non-hydrogen) atoms. The summed E-state index contributed by atoms with van der Waals surface area (Å²) in [6.45, 7) is 0. The van der Waals surface area contributed by atoms with E-state index in [0.717, 1.165) is 11.4 Å². The van der Waals surface area contributed by atoms with E-state index in [4.69, 9.17) is 0 Å². The van der Waals surface area contributed by atoms with Gasteiger partial charge in [-0.05, 0) is 122 Å². The molecule has 1 heteroatoms. The highest BCUT2D eigenvalue weighted by Crippen LogP contribution is 2.65. The van der Waals surface area contributed by atoms with Crippen molar-refractivity contribution in [1.82, 2.24) is 0 Å². The molecule has 0 amide bonds. The van der Waals surface area contributed by atoms with Gasteiger partial charge in [0.15, 0.2) is 0 Å². The van der Waals surface area contributed by atoms with Crippen molar-refractivity contribution in [2.24, 2.45) is 0 Å². The molecule has 0 N–H and O–H groups in total. The third-order valence-corrected chi connectivity index (χ3v) is 14.2. The Kier molecular flexibility index (Phi) is 6.82. The molecule has 0 heterocycles. The van der Waals surface area contributed by atoms with Gasteiger partial charge in [-0.1, -0.05) is 200 Å². The van der Waals surface area contributed by atoms with Gasteiger partial charge in [0.25, 0.3) is 0 Å². The molecule has 0 saturated heterocycles. The fourth-order valence-electron chi connectivity index (χ4n) is 11.8. The zero-order valence-electron chi connectivity index (χ0n) is 33.8. The van der Waals surface area contributed by atoms with Crippen LogP contribution in [-0.2, 0) is 5.41 Å². The van der Waals surface area contributed by atoms with Crippen LogP contribution in [0.3, 0.4) is 0 Å². The molecular formula is C61H37N. The van der Waals surface area contributed by atoms with Gasteiger partial charge >= 0.3 is 0 Å². The average Bonchev–Trinajstić information content (AvgIpc) is 3.82. The topological polar surface area (TPSA) is 3.24 Å². The second-order valence-corrected chi connectivity index (χ2v) is 17.1. The maximum Gasteiger partial charge on any atom is 0.0746 e. The quantitative estimate of drug-likeness (QED) is 0.161. The minimum atomic E-state index is -0.531. The van der Waals surface area contributed by atoms with Crippen LogP contribution >= 0.6 is 0 Å². The van der Waals surface area contributed by atoms with Crippen molar-refractivity contribution >= 4 is 81.7 Å². The molecule has 12 aromatic carbocycles. The zero-order chi connectivity index (χ0) is 40.5. The second kappa shape index (κ2) is 12.5. The standard InChI is InChI=1S/C61H37N/c1-2-17-41-38(16-1)32-33-39-36-58(50-25-7-8-26-51(50)59(39)41)62(40-34-35-46-44-20-4-3-18-42(44)43-19-5-6-21-45(43)53(46)37-40)57-31-15-27-52-49-24-11-14-30-56(49)61(60(52)57)54-28-12-9-22-47(54)48-23-10-13-29-55(48)61/h1-37H. The first kappa shape index (κ1) is 33.8. The van der Waals surface area contributed by atoms with Gasteiger partial charge in [0, 0.05) is 16.6 Å². The molecule has 1 spiro atoms. The van der Waals surface area contributed by atoms with Crippen LogP contribution in [0.15, 0.2) is 224 Å². The van der Waals surface area contributed by atoms with Crippen molar-refractivity contribution < 1.29 is 0 Å². The van der Waals surface area contributed by atoms with E-state index in [1.807, 2.05) is 0 Å². The van der Waals surface area contributed by atoms with E-state index < -0.39 is 5.41 Å². The van der Waals surface area contributed by atoms with Gasteiger partial charge in [-0.2, -0.15) is 0 Å². The number of hydrogen-bond donors (Lipinski definition) is 0. The van der Waals surface area contributed by atoms with E-state index in [1.54, 1.807) is 0 Å². The highest BCUT2D eigenvalue weighted by molar-refractivity contribution is 6.27. The van der Waals surface area contributed by atoms with Gasteiger partial charge in [-0.25, -0.2) is 0 Å². The van der Waals surface area contributed by atoms with Gasteiger partial charge in [-0.3, -0.25) is 0 Å². The fraction of sp³-hybridized carbons (Fsp3) is 0.0164. The van der Waals surface area contributed by atoms with Crippen molar-refractivity contribution in [1.29, 1.82) is 0 Å². The number of hydrogen-bond acceptors (Lipinski definition) is 1. The maximum atomic E-state index is 2.61. The van der Waals surface area contributed by atoms with E-state index in [-0.39, 0.29) is 0 Å². The van der Waals surface area contributed by atoms with Crippen LogP contribution < -0.4 is 4.90 Å². The summed E-state index contributed by atoms with van der Waals surface area (Å²) in [5.74, 6) is 0. The predicted octanol–water partition coefficient (Wildman–Crippen LogP) is 16.4. The van der Waals surface area contributed by atoms with Crippen molar-refractivity contribution in [2.45, 2.75) is 5.41 Å². The summed E-state index contributed by atoms with van der Waals surface area (Å²) in [5, 5.41) is 15.1. The monoisotopic (exact) mass is 783 g/mol. The average molecular weight is 784 g/mol. The Morgan fingerprint density at radius 1 is 0.274 bits per heavy atom. The Bertz CT molecular complexity index is 3790. The van der Waals surface area contributed by atoms with Gasteiger partial charge in [0.1, 0.15) is 0 Å². The first-order chi connectivity index (χ1) is 30.8. The van der Waals surface area contributed by atoms with E-state index in [2.05, 4.69) is 229 Å². The minimum Gasteiger partial charge on any atom is -0.309 e. The smallest absolute Gasteiger partial charge is 0.0746 e. The lowest BCUT2D eigenvalue weighted by Gasteiger charge is -2.36. The summed E-state index contributed by atoms with van der Waals surface area (Å²) in [6, 6.07) is 84.4. The molecule has 0 radical (unpaired) electrons. The normalized spacial score (nSPS) is 13.3. The molecule has 286 valence electrons. The van der Waals surface area contributed by atoms with Crippen molar-refractivity contribution in [3.8, 4) is 22.3 Å². The Morgan fingerprint density at radius 2 is 0.742 bits per heavy atom. The summed E-state index contributed by atoms with van der Waals surface area (Å²) >= 11 is 0. The lowest BCUT2D eigenvalue weighted by Crippen LogP contribution is -2.28. The Balaban J connectivity index is 1.16. The molecule has 0 fully saturated rings. The molecule has 0 atom stereocenters. The SMILES string of the molecule is c1ccc2c(c1)-c1ccccc1C21c2ccccc2-c2cccc(N(c3ccc4c5ccccc5c5ccccc5c4c3)c3cc4ccc5ccccc5c4c4ccccc34)c21. The third-order valence-electron chi connectivity index (χ3n) is 14.2. The predicted molar refractivity (Wildman–Crippen MR) is 262 cm³/mol. The van der Waals surface area contributed by atoms with Crippen LogP contribution in [0.1, 0.15) is 22.3 Å². The molecule has 14 rings (SSSR count). The molecule has 0 aliphatic heterocycles. The highest BCUT2D eigenvalue weighted by Gasteiger charge is 2.53. The molecule has 2 aliphatic rings. The highest BCUT2D eigenvalue weighted by atomic mass is 15.1. The Labute approximate surface area is 359 Å². The van der Waals surface area contributed by atoms with Gasteiger partial charge in [0.05, 0.1) is 16.8 Å². The van der Waals surface area contributed by atoms with Crippen LogP contribution in [0.4, 0.5) is 17.1 Å². The van der Waals surface area contributed by atoms with E-state index in [9.17, 15) is 0 Å². The summed E-state index contributed by atoms with van der Waals surface area (Å²) in [6.07, 6.45) is 0. The number of rotatable bonds is 3. The zero-order valence-corrected chi connectivity index (χ0v) is 33.8. The first-order valence-electron chi connectivity index (χ1n) is 21.7. The summed E-state index contributed by atoms with van der Waals surface area (Å²) in [7, 11) is 0. The van der Waals surface area contributed by atoms with Crippen LogP contribution in [0.2, 0.25) is 0 Å². The molecular weight excluding hydrogens is 747 g/mol. The van der Waals surface area contributed by atoms with Gasteiger partial charge < -0.3 is 4.90 Å². The molecule has 12 aromatic rings. The van der Waals surface area contributed by atoms with Crippen molar-refractivity contribution in [2.75, 3.05) is 4.90 Å². The van der Waals surface area contributed by atoms with Gasteiger partial charge in [0.2, 0.25) is 0 Å². The second-order valence-electron chi connectivity index (χ2n) is 17.1. The lowest BCUT2D eigenvalue weighted by atomic mass is 9.70. The molecule has 0 aromatic heterocycles. The first-order valence-corrected chi connectivity index (χ1v) is 21.7. The molecule has 0 unspecified atom stereocenters. The van der Waals surface area contributed by atoms with Crippen molar-refractivity contribution in [3.63, 3.8) is 0 Å². The number of fused-ring (bicyclic) bond motifs is 21. The number of benzene rings is 12. The van der Waals surface area contributed by atoms with E-state index in [0.29, 0.717) is 0 Å². The van der Waals surface area contributed by atoms with Crippen LogP contribution in [-0.4, -0.2) is 0 Å². The summed E-state index contributed by atoms with van der Waals surface area (Å²) < 4.78 is 0. The lowest BCUT2D eigenvalue weighted by molar-refractivity contribution is 0.793. The van der Waals surface area contributed by atoms with Crippen LogP contribution in [0.25, 0.3) is 86.9 Å².